The minimum Gasteiger partial charge on any atom is -0.368 e. The number of carbonyl (C=O) groups is 2. The molecule has 0 radical (unpaired) electrons. The Kier molecular flexibility index (Phi) is 6.29. The number of hydrogen-bond acceptors (Lipinski definition) is 3. The monoisotopic (exact) mass is 383 g/mol. The summed E-state index contributed by atoms with van der Waals surface area (Å²) in [6.07, 6.45) is 1.12. The summed E-state index contributed by atoms with van der Waals surface area (Å²) < 4.78 is 13.1. The first kappa shape index (κ1) is 19.9. The Bertz CT molecular complexity index is 811. The maximum absolute atomic E-state index is 13.1. The van der Waals surface area contributed by atoms with Gasteiger partial charge in [0.2, 0.25) is 5.91 Å². The lowest BCUT2D eigenvalue weighted by Gasteiger charge is -2.36. The molecular formula is C22H26FN3O2. The van der Waals surface area contributed by atoms with Gasteiger partial charge in [0.15, 0.2) is 0 Å². The van der Waals surface area contributed by atoms with E-state index in [1.807, 2.05) is 29.2 Å². The molecule has 5 nitrogen and oxygen atoms in total. The quantitative estimate of drug-likeness (QED) is 0.798. The maximum atomic E-state index is 13.1. The van der Waals surface area contributed by atoms with Gasteiger partial charge in [-0.25, -0.2) is 4.39 Å². The molecule has 2 aromatic carbocycles. The van der Waals surface area contributed by atoms with Crippen molar-refractivity contribution in [2.24, 2.45) is 0 Å². The molecule has 0 aliphatic carbocycles. The van der Waals surface area contributed by atoms with Gasteiger partial charge >= 0.3 is 0 Å². The van der Waals surface area contributed by atoms with Crippen LogP contribution in [0.15, 0.2) is 48.5 Å². The number of halogens is 1. The Balaban J connectivity index is 1.47. The minimum absolute atomic E-state index is 0.0262. The lowest BCUT2D eigenvalue weighted by molar-refractivity contribution is -0.131. The summed E-state index contributed by atoms with van der Waals surface area (Å²) in [5.41, 5.74) is 2.69. The molecule has 1 fully saturated rings. The molecule has 0 aromatic heterocycles. The Morgan fingerprint density at radius 3 is 2.11 bits per heavy atom. The highest BCUT2D eigenvalue weighted by Crippen LogP contribution is 2.17. The molecule has 148 valence electrons. The van der Waals surface area contributed by atoms with Crippen molar-refractivity contribution in [3.63, 3.8) is 0 Å². The second-order valence-corrected chi connectivity index (χ2v) is 7.24. The zero-order valence-electron chi connectivity index (χ0n) is 16.4. The molecule has 1 aliphatic rings. The molecule has 3 rings (SSSR count). The van der Waals surface area contributed by atoms with Crippen LogP contribution in [0.3, 0.4) is 0 Å². The van der Waals surface area contributed by atoms with Gasteiger partial charge in [-0.3, -0.25) is 9.59 Å². The van der Waals surface area contributed by atoms with Gasteiger partial charge in [-0.05, 0) is 48.4 Å². The molecule has 0 N–H and O–H groups in total. The molecule has 0 saturated carbocycles. The van der Waals surface area contributed by atoms with Gasteiger partial charge in [0.1, 0.15) is 5.82 Å². The lowest BCUT2D eigenvalue weighted by atomic mass is 10.1. The summed E-state index contributed by atoms with van der Waals surface area (Å²) >= 11 is 0. The summed E-state index contributed by atoms with van der Waals surface area (Å²) in [5, 5.41) is 0. The van der Waals surface area contributed by atoms with Crippen LogP contribution >= 0.6 is 0 Å². The van der Waals surface area contributed by atoms with Crippen LogP contribution in [0, 0.1) is 5.82 Å². The van der Waals surface area contributed by atoms with E-state index in [0.717, 1.165) is 24.3 Å². The predicted octanol–water partition coefficient (Wildman–Crippen LogP) is 2.81. The van der Waals surface area contributed by atoms with Gasteiger partial charge < -0.3 is 14.7 Å². The topological polar surface area (TPSA) is 43.9 Å². The number of amides is 2. The van der Waals surface area contributed by atoms with E-state index in [2.05, 4.69) is 4.90 Å². The summed E-state index contributed by atoms with van der Waals surface area (Å²) in [7, 11) is 3.45. The zero-order chi connectivity index (χ0) is 20.1. The molecule has 1 saturated heterocycles. The van der Waals surface area contributed by atoms with E-state index in [0.29, 0.717) is 31.5 Å². The lowest BCUT2D eigenvalue weighted by Crippen LogP contribution is -2.48. The van der Waals surface area contributed by atoms with E-state index >= 15 is 0 Å². The van der Waals surface area contributed by atoms with Crippen molar-refractivity contribution in [3.8, 4) is 0 Å². The highest BCUT2D eigenvalue weighted by Gasteiger charge is 2.21. The third kappa shape index (κ3) is 4.88. The number of benzene rings is 2. The normalized spacial score (nSPS) is 14.1. The van der Waals surface area contributed by atoms with Crippen LogP contribution in [0.25, 0.3) is 0 Å². The van der Waals surface area contributed by atoms with Crippen molar-refractivity contribution in [3.05, 3.63) is 65.5 Å². The molecule has 2 amide bonds. The SMILES string of the molecule is CN(C)C(=O)c1ccc(CCC(=O)N2CCN(c3ccc(F)cc3)CC2)cc1. The minimum atomic E-state index is -0.239. The summed E-state index contributed by atoms with van der Waals surface area (Å²) in [5.74, 6) is -0.120. The number of piperazine rings is 1. The van der Waals surface area contributed by atoms with E-state index in [1.54, 1.807) is 31.1 Å². The largest absolute Gasteiger partial charge is 0.368 e. The van der Waals surface area contributed by atoms with Crippen LogP contribution in [-0.2, 0) is 11.2 Å². The van der Waals surface area contributed by atoms with Crippen LogP contribution in [0.5, 0.6) is 0 Å². The van der Waals surface area contributed by atoms with E-state index in [-0.39, 0.29) is 17.6 Å². The van der Waals surface area contributed by atoms with Gasteiger partial charge in [-0.15, -0.1) is 0 Å². The second kappa shape index (κ2) is 8.87. The van der Waals surface area contributed by atoms with Crippen molar-refractivity contribution in [2.45, 2.75) is 12.8 Å². The van der Waals surface area contributed by atoms with E-state index in [9.17, 15) is 14.0 Å². The average Bonchev–Trinajstić information content (AvgIpc) is 2.72. The molecular weight excluding hydrogens is 357 g/mol. The highest BCUT2D eigenvalue weighted by atomic mass is 19.1. The van der Waals surface area contributed by atoms with Crippen LogP contribution < -0.4 is 4.90 Å². The van der Waals surface area contributed by atoms with Crippen molar-refractivity contribution < 1.29 is 14.0 Å². The molecule has 2 aromatic rings. The molecule has 0 atom stereocenters. The fourth-order valence-corrected chi connectivity index (χ4v) is 3.35. The van der Waals surface area contributed by atoms with Gasteiger partial charge in [0.25, 0.3) is 5.91 Å². The molecule has 6 heteroatoms. The van der Waals surface area contributed by atoms with Gasteiger partial charge in [-0.2, -0.15) is 0 Å². The number of hydrogen-bond donors (Lipinski definition) is 0. The number of carbonyl (C=O) groups excluding carboxylic acids is 2. The fourth-order valence-electron chi connectivity index (χ4n) is 3.35. The first-order valence-electron chi connectivity index (χ1n) is 9.53. The van der Waals surface area contributed by atoms with Gasteiger partial charge in [0.05, 0.1) is 0 Å². The number of anilines is 1. The fraction of sp³-hybridized carbons (Fsp3) is 0.364. The molecule has 0 spiro atoms. The summed E-state index contributed by atoms with van der Waals surface area (Å²) in [6.45, 7) is 2.84. The van der Waals surface area contributed by atoms with E-state index in [1.165, 1.54) is 12.1 Å². The molecule has 0 unspecified atom stereocenters. The van der Waals surface area contributed by atoms with Crippen LogP contribution in [-0.4, -0.2) is 61.9 Å². The van der Waals surface area contributed by atoms with Gasteiger partial charge in [-0.1, -0.05) is 12.1 Å². The summed E-state index contributed by atoms with van der Waals surface area (Å²) in [6, 6.07) is 13.9. The zero-order valence-corrected chi connectivity index (χ0v) is 16.4. The molecule has 28 heavy (non-hydrogen) atoms. The third-order valence-corrected chi connectivity index (χ3v) is 5.06. The van der Waals surface area contributed by atoms with Crippen LogP contribution in [0.4, 0.5) is 10.1 Å². The van der Waals surface area contributed by atoms with Crippen molar-refractivity contribution in [2.75, 3.05) is 45.2 Å². The van der Waals surface area contributed by atoms with Crippen LogP contribution in [0.2, 0.25) is 0 Å². The third-order valence-electron chi connectivity index (χ3n) is 5.06. The number of rotatable bonds is 5. The standard InChI is InChI=1S/C22H26FN3O2/c1-24(2)22(28)18-6-3-17(4-7-18)5-12-21(27)26-15-13-25(14-16-26)20-10-8-19(23)9-11-20/h3-4,6-11H,5,12-16H2,1-2H3. The Morgan fingerprint density at radius 1 is 0.929 bits per heavy atom. The predicted molar refractivity (Wildman–Crippen MR) is 108 cm³/mol. The Hall–Kier alpha value is -2.89. The van der Waals surface area contributed by atoms with Crippen LogP contribution in [0.1, 0.15) is 22.3 Å². The number of aryl methyl sites for hydroxylation is 1. The van der Waals surface area contributed by atoms with Gasteiger partial charge in [0, 0.05) is 57.9 Å². The molecule has 1 heterocycles. The molecule has 0 bridgehead atoms. The van der Waals surface area contributed by atoms with E-state index in [4.69, 9.17) is 0 Å². The summed E-state index contributed by atoms with van der Waals surface area (Å²) in [4.78, 5) is 30.0. The maximum Gasteiger partial charge on any atom is 0.253 e. The Morgan fingerprint density at radius 2 is 1.54 bits per heavy atom. The van der Waals surface area contributed by atoms with Crippen molar-refractivity contribution in [1.82, 2.24) is 9.80 Å². The molecule has 1 aliphatic heterocycles. The Labute approximate surface area is 165 Å². The second-order valence-electron chi connectivity index (χ2n) is 7.24. The average molecular weight is 383 g/mol. The highest BCUT2D eigenvalue weighted by molar-refractivity contribution is 5.93. The number of nitrogens with zero attached hydrogens (tertiary/aromatic N) is 3. The van der Waals surface area contributed by atoms with Crippen molar-refractivity contribution in [1.29, 1.82) is 0 Å². The first-order chi connectivity index (χ1) is 13.4. The first-order valence-corrected chi connectivity index (χ1v) is 9.53. The van der Waals surface area contributed by atoms with E-state index < -0.39 is 0 Å². The van der Waals surface area contributed by atoms with Crippen molar-refractivity contribution >= 4 is 17.5 Å². The smallest absolute Gasteiger partial charge is 0.253 e.